The van der Waals surface area contributed by atoms with E-state index >= 15 is 0 Å². The van der Waals surface area contributed by atoms with Crippen LogP contribution in [0.4, 0.5) is 5.69 Å². The van der Waals surface area contributed by atoms with Crippen LogP contribution < -0.4 is 14.4 Å². The number of ether oxygens (including phenoxy) is 2. The van der Waals surface area contributed by atoms with Gasteiger partial charge in [-0.25, -0.2) is 0 Å². The lowest BCUT2D eigenvalue weighted by molar-refractivity contribution is -0.123. The molecule has 0 aliphatic carbocycles. The van der Waals surface area contributed by atoms with Gasteiger partial charge in [0.25, 0.3) is 0 Å². The van der Waals surface area contributed by atoms with Crippen molar-refractivity contribution >= 4 is 11.6 Å². The number of anilines is 1. The van der Waals surface area contributed by atoms with E-state index in [1.165, 1.54) is 5.56 Å². The van der Waals surface area contributed by atoms with Crippen molar-refractivity contribution < 1.29 is 14.3 Å². The minimum atomic E-state index is -0.646. The third-order valence-corrected chi connectivity index (χ3v) is 5.05. The molecular weight excluding hydrogens is 302 g/mol. The third kappa shape index (κ3) is 2.17. The SMILES string of the molecule is CC1Cc2ccccc2N1C(=O)C(C)(C)c1ccc2c(c1)OCO2. The average molecular weight is 323 g/mol. The van der Waals surface area contributed by atoms with Crippen LogP contribution in [-0.4, -0.2) is 18.7 Å². The molecule has 2 heterocycles. The van der Waals surface area contributed by atoms with Gasteiger partial charge in [0.15, 0.2) is 11.5 Å². The summed E-state index contributed by atoms with van der Waals surface area (Å²) in [4.78, 5) is 15.3. The molecule has 0 spiro atoms. The van der Waals surface area contributed by atoms with E-state index in [9.17, 15) is 4.79 Å². The maximum absolute atomic E-state index is 13.4. The van der Waals surface area contributed by atoms with Crippen molar-refractivity contribution in [3.05, 3.63) is 53.6 Å². The first-order chi connectivity index (χ1) is 11.5. The lowest BCUT2D eigenvalue weighted by Gasteiger charge is -2.33. The van der Waals surface area contributed by atoms with Crippen molar-refractivity contribution in [2.24, 2.45) is 0 Å². The number of carbonyl (C=O) groups excluding carboxylic acids is 1. The van der Waals surface area contributed by atoms with E-state index in [2.05, 4.69) is 13.0 Å². The molecule has 4 rings (SSSR count). The Morgan fingerprint density at radius 3 is 2.71 bits per heavy atom. The molecule has 2 aliphatic rings. The smallest absolute Gasteiger partial charge is 0.237 e. The van der Waals surface area contributed by atoms with Crippen LogP contribution in [0.5, 0.6) is 11.5 Å². The van der Waals surface area contributed by atoms with Gasteiger partial charge in [0, 0.05) is 11.7 Å². The van der Waals surface area contributed by atoms with Crippen molar-refractivity contribution in [2.45, 2.75) is 38.6 Å². The van der Waals surface area contributed by atoms with Crippen LogP contribution in [0.3, 0.4) is 0 Å². The molecule has 0 saturated heterocycles. The Morgan fingerprint density at radius 2 is 1.88 bits per heavy atom. The second kappa shape index (κ2) is 5.26. The molecular formula is C20H21NO3. The second-order valence-corrected chi connectivity index (χ2v) is 7.05. The zero-order chi connectivity index (χ0) is 16.9. The summed E-state index contributed by atoms with van der Waals surface area (Å²) in [7, 11) is 0. The molecule has 2 aromatic rings. The first-order valence-corrected chi connectivity index (χ1v) is 8.30. The molecule has 4 nitrogen and oxygen atoms in total. The minimum absolute atomic E-state index is 0.110. The number of hydrogen-bond donors (Lipinski definition) is 0. The molecule has 0 radical (unpaired) electrons. The van der Waals surface area contributed by atoms with E-state index < -0.39 is 5.41 Å². The van der Waals surface area contributed by atoms with Gasteiger partial charge in [0.2, 0.25) is 12.7 Å². The van der Waals surface area contributed by atoms with E-state index in [0.717, 1.165) is 23.4 Å². The summed E-state index contributed by atoms with van der Waals surface area (Å²) in [5.74, 6) is 1.56. The highest BCUT2D eigenvalue weighted by molar-refractivity contribution is 6.02. The van der Waals surface area contributed by atoms with E-state index in [4.69, 9.17) is 9.47 Å². The second-order valence-electron chi connectivity index (χ2n) is 7.05. The van der Waals surface area contributed by atoms with Crippen molar-refractivity contribution in [1.29, 1.82) is 0 Å². The van der Waals surface area contributed by atoms with E-state index in [-0.39, 0.29) is 18.7 Å². The number of amides is 1. The Hall–Kier alpha value is -2.49. The van der Waals surface area contributed by atoms with Crippen molar-refractivity contribution in [2.75, 3.05) is 11.7 Å². The monoisotopic (exact) mass is 323 g/mol. The minimum Gasteiger partial charge on any atom is -0.454 e. The van der Waals surface area contributed by atoms with Crippen LogP contribution in [0.15, 0.2) is 42.5 Å². The van der Waals surface area contributed by atoms with Gasteiger partial charge >= 0.3 is 0 Å². The largest absolute Gasteiger partial charge is 0.454 e. The summed E-state index contributed by atoms with van der Waals surface area (Å²) < 4.78 is 10.8. The van der Waals surface area contributed by atoms with E-state index in [1.54, 1.807) is 0 Å². The molecule has 24 heavy (non-hydrogen) atoms. The Labute approximate surface area is 142 Å². The van der Waals surface area contributed by atoms with Gasteiger partial charge < -0.3 is 14.4 Å². The van der Waals surface area contributed by atoms with Gasteiger partial charge in [-0.15, -0.1) is 0 Å². The predicted molar refractivity (Wildman–Crippen MR) is 92.7 cm³/mol. The lowest BCUT2D eigenvalue weighted by Crippen LogP contribution is -2.46. The number of hydrogen-bond acceptors (Lipinski definition) is 3. The van der Waals surface area contributed by atoms with Gasteiger partial charge in [-0.05, 0) is 56.5 Å². The summed E-state index contributed by atoms with van der Waals surface area (Å²) in [6.45, 7) is 6.29. The zero-order valence-corrected chi connectivity index (χ0v) is 14.2. The van der Waals surface area contributed by atoms with E-state index in [0.29, 0.717) is 5.75 Å². The highest BCUT2D eigenvalue weighted by Crippen LogP contribution is 2.40. The molecule has 1 amide bonds. The molecule has 0 bridgehead atoms. The summed E-state index contributed by atoms with van der Waals surface area (Å²) in [6, 6.07) is 14.1. The van der Waals surface area contributed by atoms with Gasteiger partial charge in [-0.3, -0.25) is 4.79 Å². The topological polar surface area (TPSA) is 38.8 Å². The number of fused-ring (bicyclic) bond motifs is 2. The van der Waals surface area contributed by atoms with Crippen LogP contribution >= 0.6 is 0 Å². The van der Waals surface area contributed by atoms with Crippen LogP contribution in [0, 0.1) is 0 Å². The van der Waals surface area contributed by atoms with E-state index in [1.807, 2.05) is 55.1 Å². The molecule has 4 heteroatoms. The standard InChI is InChI=1S/C20H21NO3/c1-13-10-14-6-4-5-7-16(14)21(13)19(22)20(2,3)15-8-9-17-18(11-15)24-12-23-17/h4-9,11,13H,10,12H2,1-3H3. The molecule has 1 atom stereocenters. The Bertz CT molecular complexity index is 812. The highest BCUT2D eigenvalue weighted by Gasteiger charge is 2.40. The van der Waals surface area contributed by atoms with Crippen molar-refractivity contribution in [1.82, 2.24) is 0 Å². The molecule has 0 fully saturated rings. The molecule has 0 N–H and O–H groups in total. The fourth-order valence-corrected chi connectivity index (χ4v) is 3.58. The van der Waals surface area contributed by atoms with Gasteiger partial charge in [0.05, 0.1) is 5.41 Å². The number of rotatable bonds is 2. The summed E-state index contributed by atoms with van der Waals surface area (Å²) in [5.41, 5.74) is 2.56. The fourth-order valence-electron chi connectivity index (χ4n) is 3.58. The number of benzene rings is 2. The summed E-state index contributed by atoms with van der Waals surface area (Å²) in [6.07, 6.45) is 0.902. The summed E-state index contributed by atoms with van der Waals surface area (Å²) >= 11 is 0. The maximum atomic E-state index is 13.4. The molecule has 2 aromatic carbocycles. The zero-order valence-electron chi connectivity index (χ0n) is 14.2. The Balaban J connectivity index is 1.71. The average Bonchev–Trinajstić information content (AvgIpc) is 3.16. The van der Waals surface area contributed by atoms with Gasteiger partial charge in [-0.1, -0.05) is 24.3 Å². The van der Waals surface area contributed by atoms with Gasteiger partial charge in [0.1, 0.15) is 0 Å². The molecule has 0 aromatic heterocycles. The first kappa shape index (κ1) is 15.1. The third-order valence-electron chi connectivity index (χ3n) is 5.05. The highest BCUT2D eigenvalue weighted by atomic mass is 16.7. The molecule has 1 unspecified atom stereocenters. The van der Waals surface area contributed by atoms with Crippen molar-refractivity contribution in [3.8, 4) is 11.5 Å². The van der Waals surface area contributed by atoms with Crippen LogP contribution in [0.1, 0.15) is 31.9 Å². The first-order valence-electron chi connectivity index (χ1n) is 8.30. The van der Waals surface area contributed by atoms with Crippen LogP contribution in [-0.2, 0) is 16.6 Å². The van der Waals surface area contributed by atoms with Gasteiger partial charge in [-0.2, -0.15) is 0 Å². The number of carbonyl (C=O) groups is 1. The quantitative estimate of drug-likeness (QED) is 0.846. The Morgan fingerprint density at radius 1 is 1.12 bits per heavy atom. The van der Waals surface area contributed by atoms with Crippen LogP contribution in [0.2, 0.25) is 0 Å². The molecule has 124 valence electrons. The number of para-hydroxylation sites is 1. The number of nitrogens with zero attached hydrogens (tertiary/aromatic N) is 1. The predicted octanol–water partition coefficient (Wildman–Crippen LogP) is 3.67. The normalized spacial score (nSPS) is 18.6. The summed E-state index contributed by atoms with van der Waals surface area (Å²) in [5, 5.41) is 0. The molecule has 0 saturated carbocycles. The lowest BCUT2D eigenvalue weighted by atomic mass is 9.82. The Kier molecular flexibility index (Phi) is 3.30. The van der Waals surface area contributed by atoms with Crippen LogP contribution in [0.25, 0.3) is 0 Å². The van der Waals surface area contributed by atoms with Crippen molar-refractivity contribution in [3.63, 3.8) is 0 Å². The fraction of sp³-hybridized carbons (Fsp3) is 0.350. The maximum Gasteiger partial charge on any atom is 0.237 e. The molecule has 2 aliphatic heterocycles.